The number of carbonyl (C=O) groups is 2. The molecule has 1 aliphatic rings. The molecule has 4 heteroatoms. The van der Waals surface area contributed by atoms with E-state index in [1.54, 1.807) is 0 Å². The molecule has 0 heterocycles. The van der Waals surface area contributed by atoms with E-state index in [2.05, 4.69) is 12.2 Å². The Morgan fingerprint density at radius 1 is 1.24 bits per heavy atom. The lowest BCUT2D eigenvalue weighted by Crippen LogP contribution is -2.37. The Kier molecular flexibility index (Phi) is 4.99. The minimum Gasteiger partial charge on any atom is -0.481 e. The monoisotopic (exact) mass is 289 g/mol. The fourth-order valence-electron chi connectivity index (χ4n) is 3.14. The average Bonchev–Trinajstić information content (AvgIpc) is 2.87. The minimum atomic E-state index is -0.851. The van der Waals surface area contributed by atoms with Crippen molar-refractivity contribution < 1.29 is 14.7 Å². The number of amides is 1. The van der Waals surface area contributed by atoms with Crippen LogP contribution in [0.2, 0.25) is 0 Å². The number of carboxylic acid groups (broad SMARTS) is 1. The van der Waals surface area contributed by atoms with Crippen LogP contribution in [-0.4, -0.2) is 23.5 Å². The van der Waals surface area contributed by atoms with Crippen LogP contribution in [0.5, 0.6) is 0 Å². The lowest BCUT2D eigenvalue weighted by molar-refractivity contribution is -0.146. The summed E-state index contributed by atoms with van der Waals surface area (Å²) in [7, 11) is 0. The van der Waals surface area contributed by atoms with Gasteiger partial charge in [-0.15, -0.1) is 0 Å². The van der Waals surface area contributed by atoms with E-state index in [0.717, 1.165) is 0 Å². The minimum absolute atomic E-state index is 0.116. The molecule has 4 nitrogen and oxygen atoms in total. The largest absolute Gasteiger partial charge is 0.481 e. The molecule has 0 aromatic heterocycles. The van der Waals surface area contributed by atoms with Crippen LogP contribution in [0.3, 0.4) is 0 Å². The molecule has 0 bridgehead atoms. The Balaban J connectivity index is 1.91. The summed E-state index contributed by atoms with van der Waals surface area (Å²) >= 11 is 0. The van der Waals surface area contributed by atoms with E-state index in [1.165, 1.54) is 5.56 Å². The topological polar surface area (TPSA) is 66.4 Å². The molecule has 0 aliphatic heterocycles. The van der Waals surface area contributed by atoms with Crippen LogP contribution in [0.25, 0.3) is 0 Å². The molecule has 1 saturated carbocycles. The number of hydrogen-bond donors (Lipinski definition) is 2. The van der Waals surface area contributed by atoms with Gasteiger partial charge in [0.1, 0.15) is 0 Å². The van der Waals surface area contributed by atoms with E-state index < -0.39 is 11.9 Å². The Morgan fingerprint density at radius 2 is 1.86 bits per heavy atom. The summed E-state index contributed by atoms with van der Waals surface area (Å²) in [5, 5.41) is 12.2. The molecule has 4 atom stereocenters. The maximum Gasteiger partial charge on any atom is 0.307 e. The van der Waals surface area contributed by atoms with E-state index in [9.17, 15) is 14.7 Å². The lowest BCUT2D eigenvalue weighted by atomic mass is 9.94. The van der Waals surface area contributed by atoms with Crippen LogP contribution in [0.15, 0.2) is 30.3 Å². The zero-order chi connectivity index (χ0) is 15.4. The molecule has 114 valence electrons. The summed E-state index contributed by atoms with van der Waals surface area (Å²) in [6.45, 7) is 4.61. The van der Waals surface area contributed by atoms with Gasteiger partial charge < -0.3 is 10.4 Å². The van der Waals surface area contributed by atoms with E-state index >= 15 is 0 Å². The second-order valence-electron chi connectivity index (χ2n) is 6.18. The van der Waals surface area contributed by atoms with Crippen LogP contribution in [0.1, 0.15) is 38.2 Å². The molecule has 1 aromatic rings. The number of hydrogen-bond acceptors (Lipinski definition) is 2. The SMILES string of the molecule is CC1C[C@H](C(=O)NCC(C)c2ccccc2)[C@H](C(=O)O)C1. The molecule has 2 N–H and O–H groups in total. The van der Waals surface area contributed by atoms with Crippen molar-refractivity contribution in [3.05, 3.63) is 35.9 Å². The van der Waals surface area contributed by atoms with Crippen LogP contribution in [0.4, 0.5) is 0 Å². The second kappa shape index (κ2) is 6.74. The lowest BCUT2D eigenvalue weighted by Gasteiger charge is -2.18. The van der Waals surface area contributed by atoms with E-state index in [-0.39, 0.29) is 17.7 Å². The number of carboxylic acids is 1. The van der Waals surface area contributed by atoms with Crippen molar-refractivity contribution in [1.82, 2.24) is 5.32 Å². The average molecular weight is 289 g/mol. The predicted octanol–water partition coefficient (Wildman–Crippen LogP) is 2.65. The van der Waals surface area contributed by atoms with Gasteiger partial charge in [0.2, 0.25) is 5.91 Å². The molecule has 2 rings (SSSR count). The van der Waals surface area contributed by atoms with Crippen molar-refractivity contribution in [2.75, 3.05) is 6.54 Å². The number of benzene rings is 1. The third-order valence-corrected chi connectivity index (χ3v) is 4.40. The summed E-state index contributed by atoms with van der Waals surface area (Å²) in [6.07, 6.45) is 1.27. The molecule has 21 heavy (non-hydrogen) atoms. The Hall–Kier alpha value is -1.84. The first-order valence-corrected chi connectivity index (χ1v) is 7.54. The van der Waals surface area contributed by atoms with Gasteiger partial charge in [-0.3, -0.25) is 9.59 Å². The highest BCUT2D eigenvalue weighted by Gasteiger charge is 2.41. The zero-order valence-corrected chi connectivity index (χ0v) is 12.6. The van der Waals surface area contributed by atoms with E-state index in [1.807, 2.05) is 37.3 Å². The first kappa shape index (κ1) is 15.5. The summed E-state index contributed by atoms with van der Waals surface area (Å²) in [5.74, 6) is -1.37. The van der Waals surface area contributed by atoms with Crippen LogP contribution in [0, 0.1) is 17.8 Å². The van der Waals surface area contributed by atoms with Crippen molar-refractivity contribution in [3.63, 3.8) is 0 Å². The molecule has 0 saturated heterocycles. The van der Waals surface area contributed by atoms with Crippen LogP contribution >= 0.6 is 0 Å². The Labute approximate surface area is 125 Å². The van der Waals surface area contributed by atoms with E-state index in [4.69, 9.17) is 0 Å². The van der Waals surface area contributed by atoms with Gasteiger partial charge in [0.25, 0.3) is 0 Å². The van der Waals surface area contributed by atoms with Crippen LogP contribution < -0.4 is 5.32 Å². The molecule has 0 radical (unpaired) electrons. The smallest absolute Gasteiger partial charge is 0.307 e. The third kappa shape index (κ3) is 3.84. The molecule has 1 amide bonds. The van der Waals surface area contributed by atoms with Gasteiger partial charge in [0.05, 0.1) is 11.8 Å². The summed E-state index contributed by atoms with van der Waals surface area (Å²) < 4.78 is 0. The van der Waals surface area contributed by atoms with Gasteiger partial charge in [-0.25, -0.2) is 0 Å². The fraction of sp³-hybridized carbons (Fsp3) is 0.529. The first-order valence-electron chi connectivity index (χ1n) is 7.54. The van der Waals surface area contributed by atoms with Crippen molar-refractivity contribution in [2.24, 2.45) is 17.8 Å². The third-order valence-electron chi connectivity index (χ3n) is 4.40. The van der Waals surface area contributed by atoms with Crippen molar-refractivity contribution >= 4 is 11.9 Å². The normalized spacial score (nSPS) is 26.3. The highest BCUT2D eigenvalue weighted by atomic mass is 16.4. The number of rotatable bonds is 5. The standard InChI is InChI=1S/C17H23NO3/c1-11-8-14(15(9-11)17(20)21)16(19)18-10-12(2)13-6-4-3-5-7-13/h3-7,11-12,14-15H,8-10H2,1-2H3,(H,18,19)(H,20,21)/t11?,12?,14-,15+/m0/s1. The van der Waals surface area contributed by atoms with Gasteiger partial charge in [0, 0.05) is 6.54 Å². The quantitative estimate of drug-likeness (QED) is 0.875. The second-order valence-corrected chi connectivity index (χ2v) is 6.18. The molecule has 0 spiro atoms. The van der Waals surface area contributed by atoms with Crippen molar-refractivity contribution in [1.29, 1.82) is 0 Å². The first-order chi connectivity index (χ1) is 9.99. The number of carbonyl (C=O) groups excluding carboxylic acids is 1. The molecular formula is C17H23NO3. The zero-order valence-electron chi connectivity index (χ0n) is 12.6. The Morgan fingerprint density at radius 3 is 2.48 bits per heavy atom. The summed E-state index contributed by atoms with van der Waals surface area (Å²) in [6, 6.07) is 9.99. The summed E-state index contributed by atoms with van der Waals surface area (Å²) in [5.41, 5.74) is 1.17. The molecular weight excluding hydrogens is 266 g/mol. The molecule has 1 fully saturated rings. The van der Waals surface area contributed by atoms with E-state index in [0.29, 0.717) is 25.3 Å². The maximum absolute atomic E-state index is 12.3. The molecule has 2 unspecified atom stereocenters. The van der Waals surface area contributed by atoms with Crippen molar-refractivity contribution in [3.8, 4) is 0 Å². The van der Waals surface area contributed by atoms with Gasteiger partial charge in [-0.1, -0.05) is 44.2 Å². The number of nitrogens with one attached hydrogen (secondary N) is 1. The van der Waals surface area contributed by atoms with Crippen LogP contribution in [-0.2, 0) is 9.59 Å². The van der Waals surface area contributed by atoms with Gasteiger partial charge in [-0.2, -0.15) is 0 Å². The highest BCUT2D eigenvalue weighted by Crippen LogP contribution is 2.36. The van der Waals surface area contributed by atoms with Gasteiger partial charge in [0.15, 0.2) is 0 Å². The highest BCUT2D eigenvalue weighted by molar-refractivity contribution is 5.85. The predicted molar refractivity (Wildman–Crippen MR) is 80.9 cm³/mol. The maximum atomic E-state index is 12.3. The van der Waals surface area contributed by atoms with Gasteiger partial charge in [-0.05, 0) is 30.2 Å². The Bertz CT molecular complexity index is 500. The van der Waals surface area contributed by atoms with Crippen molar-refractivity contribution in [2.45, 2.75) is 32.6 Å². The summed E-state index contributed by atoms with van der Waals surface area (Å²) in [4.78, 5) is 23.5. The molecule has 1 aliphatic carbocycles. The van der Waals surface area contributed by atoms with Gasteiger partial charge >= 0.3 is 5.97 Å². The fourth-order valence-corrected chi connectivity index (χ4v) is 3.14. The number of aliphatic carboxylic acids is 1. The molecule has 1 aromatic carbocycles.